The van der Waals surface area contributed by atoms with Gasteiger partial charge in [-0.15, -0.1) is 11.8 Å². The molecule has 2 atom stereocenters. The molecule has 0 saturated heterocycles. The third-order valence-electron chi connectivity index (χ3n) is 2.29. The van der Waals surface area contributed by atoms with Gasteiger partial charge >= 0.3 is 0 Å². The monoisotopic (exact) mass is 242 g/mol. The zero-order chi connectivity index (χ0) is 12.0. The van der Waals surface area contributed by atoms with Gasteiger partial charge in [-0.05, 0) is 26.1 Å². The maximum absolute atomic E-state index is 9.20. The molecule has 0 saturated carbocycles. The summed E-state index contributed by atoms with van der Waals surface area (Å²) in [7, 11) is 1.90. The van der Waals surface area contributed by atoms with Crippen molar-refractivity contribution in [1.29, 1.82) is 0 Å². The second-order valence-corrected chi connectivity index (χ2v) is 4.67. The summed E-state index contributed by atoms with van der Waals surface area (Å²) in [5.41, 5.74) is 0.995. The Bertz CT molecular complexity index is 305. The molecule has 0 amide bonds. The topological polar surface area (TPSA) is 65.4 Å². The molecule has 1 heterocycles. The molecule has 0 aliphatic rings. The number of thioether (sulfide) groups is 1. The Morgan fingerprint density at radius 2 is 2.25 bits per heavy atom. The van der Waals surface area contributed by atoms with Gasteiger partial charge in [-0.25, -0.2) is 0 Å². The van der Waals surface area contributed by atoms with Crippen molar-refractivity contribution < 1.29 is 10.2 Å². The zero-order valence-corrected chi connectivity index (χ0v) is 10.4. The number of nitrogens with zero attached hydrogens (tertiary/aromatic N) is 1. The number of hydrogen-bond acceptors (Lipinski definition) is 5. The smallest absolute Gasteiger partial charge is 0.0864 e. The minimum absolute atomic E-state index is 0.199. The molecule has 4 nitrogen and oxygen atoms in total. The summed E-state index contributed by atoms with van der Waals surface area (Å²) in [4.78, 5) is 5.33. The van der Waals surface area contributed by atoms with E-state index < -0.39 is 6.10 Å². The van der Waals surface area contributed by atoms with Gasteiger partial charge in [-0.1, -0.05) is 0 Å². The first-order chi connectivity index (χ1) is 7.67. The molecule has 1 aromatic rings. The normalized spacial score (nSPS) is 14.8. The standard InChI is InChI=1S/C11H18N2O2S/c1-8(12-2)11-4-3-10(5-13-11)16-7-9(15)6-14/h3-5,8-9,12,14-15H,6-7H2,1-2H3. The molecule has 3 N–H and O–H groups in total. The van der Waals surface area contributed by atoms with Gasteiger partial charge in [0.2, 0.25) is 0 Å². The van der Waals surface area contributed by atoms with E-state index in [9.17, 15) is 5.11 Å². The van der Waals surface area contributed by atoms with Crippen LogP contribution < -0.4 is 5.32 Å². The van der Waals surface area contributed by atoms with Gasteiger partial charge in [0.25, 0.3) is 0 Å². The van der Waals surface area contributed by atoms with Gasteiger partial charge < -0.3 is 15.5 Å². The molecule has 0 aromatic carbocycles. The number of aliphatic hydroxyl groups excluding tert-OH is 2. The van der Waals surface area contributed by atoms with Gasteiger partial charge in [0, 0.05) is 22.9 Å². The molecule has 0 bridgehead atoms. The van der Waals surface area contributed by atoms with E-state index >= 15 is 0 Å². The Hall–Kier alpha value is -0.620. The van der Waals surface area contributed by atoms with Crippen LogP contribution in [0, 0.1) is 0 Å². The fraction of sp³-hybridized carbons (Fsp3) is 0.545. The van der Waals surface area contributed by atoms with Crippen molar-refractivity contribution in [2.75, 3.05) is 19.4 Å². The van der Waals surface area contributed by atoms with Crippen LogP contribution in [0.25, 0.3) is 0 Å². The molecule has 2 unspecified atom stereocenters. The summed E-state index contributed by atoms with van der Waals surface area (Å²) < 4.78 is 0. The number of rotatable bonds is 6. The van der Waals surface area contributed by atoms with Crippen molar-refractivity contribution in [3.05, 3.63) is 24.0 Å². The highest BCUT2D eigenvalue weighted by atomic mass is 32.2. The van der Waals surface area contributed by atoms with Crippen LogP contribution in [0.5, 0.6) is 0 Å². The Morgan fingerprint density at radius 3 is 2.75 bits per heavy atom. The minimum Gasteiger partial charge on any atom is -0.394 e. The van der Waals surface area contributed by atoms with Crippen molar-refractivity contribution in [3.8, 4) is 0 Å². The van der Waals surface area contributed by atoms with Crippen molar-refractivity contribution in [2.24, 2.45) is 0 Å². The first-order valence-corrected chi connectivity index (χ1v) is 6.21. The van der Waals surface area contributed by atoms with Crippen LogP contribution in [0.3, 0.4) is 0 Å². The molecule has 1 aromatic heterocycles. The maximum atomic E-state index is 9.20. The van der Waals surface area contributed by atoms with E-state index in [4.69, 9.17) is 5.11 Å². The summed E-state index contributed by atoms with van der Waals surface area (Å²) in [5.74, 6) is 0.485. The van der Waals surface area contributed by atoms with E-state index in [0.29, 0.717) is 5.75 Å². The molecular weight excluding hydrogens is 224 g/mol. The van der Waals surface area contributed by atoms with Crippen LogP contribution in [0.4, 0.5) is 0 Å². The maximum Gasteiger partial charge on any atom is 0.0864 e. The summed E-state index contributed by atoms with van der Waals surface area (Å²) >= 11 is 1.49. The van der Waals surface area contributed by atoms with Crippen LogP contribution in [0.2, 0.25) is 0 Å². The van der Waals surface area contributed by atoms with Gasteiger partial charge in [0.15, 0.2) is 0 Å². The average molecular weight is 242 g/mol. The molecule has 16 heavy (non-hydrogen) atoms. The summed E-state index contributed by atoms with van der Waals surface area (Å²) in [6.07, 6.45) is 1.12. The van der Waals surface area contributed by atoms with Crippen molar-refractivity contribution >= 4 is 11.8 Å². The van der Waals surface area contributed by atoms with Gasteiger partial charge in [-0.3, -0.25) is 4.98 Å². The van der Waals surface area contributed by atoms with E-state index in [1.165, 1.54) is 11.8 Å². The predicted octanol–water partition coefficient (Wildman–Crippen LogP) is 0.807. The Morgan fingerprint density at radius 1 is 1.50 bits per heavy atom. The summed E-state index contributed by atoms with van der Waals surface area (Å²) in [5, 5.41) is 21.0. The summed E-state index contributed by atoms with van der Waals surface area (Å²) in [6, 6.07) is 4.18. The molecule has 5 heteroatoms. The summed E-state index contributed by atoms with van der Waals surface area (Å²) in [6.45, 7) is 1.85. The zero-order valence-electron chi connectivity index (χ0n) is 9.55. The molecule has 0 spiro atoms. The number of nitrogens with one attached hydrogen (secondary N) is 1. The average Bonchev–Trinajstić information content (AvgIpc) is 2.35. The first-order valence-electron chi connectivity index (χ1n) is 5.22. The van der Waals surface area contributed by atoms with E-state index in [1.54, 1.807) is 6.20 Å². The quantitative estimate of drug-likeness (QED) is 0.644. The number of aromatic nitrogens is 1. The Balaban J connectivity index is 2.51. The van der Waals surface area contributed by atoms with Gasteiger partial charge in [-0.2, -0.15) is 0 Å². The molecule has 0 aliphatic carbocycles. The third kappa shape index (κ3) is 4.09. The Kier molecular flexibility index (Phi) is 5.76. The van der Waals surface area contributed by atoms with Crippen LogP contribution in [-0.2, 0) is 0 Å². The molecule has 1 rings (SSSR count). The fourth-order valence-corrected chi connectivity index (χ4v) is 1.91. The SMILES string of the molecule is CNC(C)c1ccc(SCC(O)CO)cn1. The van der Waals surface area contributed by atoms with Crippen LogP contribution in [0.1, 0.15) is 18.7 Å². The van der Waals surface area contributed by atoms with Crippen LogP contribution in [-0.4, -0.2) is 40.7 Å². The second kappa shape index (κ2) is 6.85. The lowest BCUT2D eigenvalue weighted by atomic mass is 10.2. The van der Waals surface area contributed by atoms with E-state index in [0.717, 1.165) is 10.6 Å². The lowest BCUT2D eigenvalue weighted by Crippen LogP contribution is -2.15. The highest BCUT2D eigenvalue weighted by Gasteiger charge is 2.05. The molecule has 0 radical (unpaired) electrons. The van der Waals surface area contributed by atoms with Crippen molar-refractivity contribution in [3.63, 3.8) is 0 Å². The number of hydrogen-bond donors (Lipinski definition) is 3. The second-order valence-electron chi connectivity index (χ2n) is 3.58. The first kappa shape index (κ1) is 13.4. The fourth-order valence-electron chi connectivity index (χ4n) is 1.13. The van der Waals surface area contributed by atoms with Crippen LogP contribution >= 0.6 is 11.8 Å². The Labute approximate surface area is 100 Å². The molecule has 0 aliphatic heterocycles. The van der Waals surface area contributed by atoms with E-state index in [2.05, 4.69) is 10.3 Å². The highest BCUT2D eigenvalue weighted by Crippen LogP contribution is 2.19. The largest absolute Gasteiger partial charge is 0.394 e. The lowest BCUT2D eigenvalue weighted by Gasteiger charge is -2.10. The van der Waals surface area contributed by atoms with E-state index in [-0.39, 0.29) is 12.6 Å². The predicted molar refractivity (Wildman–Crippen MR) is 65.5 cm³/mol. The number of aliphatic hydroxyl groups is 2. The third-order valence-corrected chi connectivity index (χ3v) is 3.42. The van der Waals surface area contributed by atoms with Gasteiger partial charge in [0.05, 0.1) is 18.4 Å². The molecular formula is C11H18N2O2S. The lowest BCUT2D eigenvalue weighted by molar-refractivity contribution is 0.113. The van der Waals surface area contributed by atoms with Crippen LogP contribution in [0.15, 0.2) is 23.2 Å². The number of pyridine rings is 1. The van der Waals surface area contributed by atoms with E-state index in [1.807, 2.05) is 26.1 Å². The van der Waals surface area contributed by atoms with Crippen molar-refractivity contribution in [1.82, 2.24) is 10.3 Å². The minimum atomic E-state index is -0.666. The molecule has 90 valence electrons. The molecule has 0 fully saturated rings. The van der Waals surface area contributed by atoms with Gasteiger partial charge in [0.1, 0.15) is 0 Å². The van der Waals surface area contributed by atoms with Crippen molar-refractivity contribution in [2.45, 2.75) is 24.0 Å². The highest BCUT2D eigenvalue weighted by molar-refractivity contribution is 7.99.